The summed E-state index contributed by atoms with van der Waals surface area (Å²) in [7, 11) is 1.78. The van der Waals surface area contributed by atoms with Gasteiger partial charge in [0.05, 0.1) is 17.6 Å². The lowest BCUT2D eigenvalue weighted by atomic mass is 10.1. The molecular formula is C13H17F3N2O. The molecule has 0 fully saturated rings. The van der Waals surface area contributed by atoms with Crippen molar-refractivity contribution in [3.05, 3.63) is 23.3 Å². The average molecular weight is 274 g/mol. The monoisotopic (exact) mass is 274 g/mol. The van der Waals surface area contributed by atoms with Crippen molar-refractivity contribution >= 4 is 12.0 Å². The van der Waals surface area contributed by atoms with Crippen LogP contribution in [0.1, 0.15) is 25.0 Å². The number of benzene rings is 1. The molecule has 0 saturated heterocycles. The van der Waals surface area contributed by atoms with Gasteiger partial charge in [0.25, 0.3) is 0 Å². The molecule has 1 rings (SSSR count). The number of rotatable bonds is 4. The fourth-order valence-corrected chi connectivity index (χ4v) is 1.49. The first-order valence-electron chi connectivity index (χ1n) is 5.97. The Bertz CT molecular complexity index is 470. The molecule has 0 aliphatic carbocycles. The van der Waals surface area contributed by atoms with E-state index in [1.165, 1.54) is 6.34 Å². The average Bonchev–Trinajstić information content (AvgIpc) is 2.34. The largest absolute Gasteiger partial charge is 0.507 e. The number of phenols is 1. The molecule has 1 aromatic carbocycles. The predicted molar refractivity (Wildman–Crippen MR) is 68.9 cm³/mol. The fourth-order valence-electron chi connectivity index (χ4n) is 1.49. The van der Waals surface area contributed by atoms with Crippen LogP contribution in [-0.2, 0) is 12.6 Å². The molecule has 0 atom stereocenters. The van der Waals surface area contributed by atoms with Gasteiger partial charge in [-0.15, -0.1) is 0 Å². The summed E-state index contributed by atoms with van der Waals surface area (Å²) in [5.74, 6) is -0.757. The van der Waals surface area contributed by atoms with Gasteiger partial charge in [-0.25, -0.2) is 4.99 Å². The second-order valence-electron chi connectivity index (χ2n) is 4.17. The highest BCUT2D eigenvalue weighted by molar-refractivity contribution is 5.65. The van der Waals surface area contributed by atoms with Crippen LogP contribution in [0.4, 0.5) is 18.9 Å². The number of aryl methyl sites for hydroxylation is 1. The second kappa shape index (κ2) is 5.95. The van der Waals surface area contributed by atoms with Crippen LogP contribution in [0.5, 0.6) is 5.75 Å². The first-order valence-corrected chi connectivity index (χ1v) is 5.97. The minimum Gasteiger partial charge on any atom is -0.507 e. The molecular weight excluding hydrogens is 257 g/mol. The Kier molecular flexibility index (Phi) is 4.80. The van der Waals surface area contributed by atoms with E-state index in [-0.39, 0.29) is 5.69 Å². The van der Waals surface area contributed by atoms with Crippen LogP contribution in [-0.4, -0.2) is 29.9 Å². The summed E-state index contributed by atoms with van der Waals surface area (Å²) in [6.45, 7) is 4.41. The van der Waals surface area contributed by atoms with Gasteiger partial charge >= 0.3 is 6.18 Å². The SMILES string of the molecule is CCc1cc(O)c(C(F)(F)F)cc1N=CN(C)CC. The maximum absolute atomic E-state index is 12.7. The molecule has 0 bridgehead atoms. The third-order valence-electron chi connectivity index (χ3n) is 2.78. The molecule has 0 heterocycles. The standard InChI is InChI=1S/C13H17F3N2O/c1-4-9-6-12(19)10(13(14,15)16)7-11(9)17-8-18(3)5-2/h6-8,19H,4-5H2,1-3H3. The van der Waals surface area contributed by atoms with Crippen LogP contribution in [0.2, 0.25) is 0 Å². The molecule has 1 aromatic rings. The molecule has 0 aromatic heterocycles. The van der Waals surface area contributed by atoms with Crippen LogP contribution in [0.3, 0.4) is 0 Å². The van der Waals surface area contributed by atoms with Gasteiger partial charge in [0.2, 0.25) is 0 Å². The van der Waals surface area contributed by atoms with E-state index >= 15 is 0 Å². The normalized spacial score (nSPS) is 12.1. The molecule has 3 nitrogen and oxygen atoms in total. The summed E-state index contributed by atoms with van der Waals surface area (Å²) in [6.07, 6.45) is -2.61. The highest BCUT2D eigenvalue weighted by atomic mass is 19.4. The van der Waals surface area contributed by atoms with Crippen molar-refractivity contribution < 1.29 is 18.3 Å². The third-order valence-corrected chi connectivity index (χ3v) is 2.78. The summed E-state index contributed by atoms with van der Waals surface area (Å²) in [6, 6.07) is 2.01. The van der Waals surface area contributed by atoms with Crippen molar-refractivity contribution in [3.8, 4) is 5.75 Å². The van der Waals surface area contributed by atoms with Gasteiger partial charge < -0.3 is 10.0 Å². The predicted octanol–water partition coefficient (Wildman–Crippen LogP) is 3.58. The van der Waals surface area contributed by atoms with Crippen molar-refractivity contribution in [1.29, 1.82) is 0 Å². The van der Waals surface area contributed by atoms with E-state index < -0.39 is 17.5 Å². The molecule has 1 N–H and O–H groups in total. The number of aromatic hydroxyl groups is 1. The molecule has 106 valence electrons. The van der Waals surface area contributed by atoms with Crippen LogP contribution in [0.15, 0.2) is 17.1 Å². The number of nitrogens with zero attached hydrogens (tertiary/aromatic N) is 2. The summed E-state index contributed by atoms with van der Waals surface area (Å²) < 4.78 is 38.1. The molecule has 6 heteroatoms. The molecule has 19 heavy (non-hydrogen) atoms. The van der Waals surface area contributed by atoms with Crippen LogP contribution in [0, 0.1) is 0 Å². The lowest BCUT2D eigenvalue weighted by Crippen LogP contribution is -2.14. The minimum absolute atomic E-state index is 0.230. The number of hydrogen-bond donors (Lipinski definition) is 1. The minimum atomic E-state index is -4.59. The topological polar surface area (TPSA) is 35.8 Å². The van der Waals surface area contributed by atoms with E-state index in [1.54, 1.807) is 18.9 Å². The zero-order chi connectivity index (χ0) is 14.6. The Balaban J connectivity index is 3.25. The highest BCUT2D eigenvalue weighted by Crippen LogP contribution is 2.39. The Labute approximate surface area is 110 Å². The number of phenolic OH excluding ortho intramolecular Hbond substituents is 1. The smallest absolute Gasteiger partial charge is 0.420 e. The van der Waals surface area contributed by atoms with Gasteiger partial charge in [0.15, 0.2) is 0 Å². The maximum Gasteiger partial charge on any atom is 0.420 e. The van der Waals surface area contributed by atoms with Crippen molar-refractivity contribution in [2.45, 2.75) is 26.4 Å². The Morgan fingerprint density at radius 1 is 1.32 bits per heavy atom. The third kappa shape index (κ3) is 3.87. The first kappa shape index (κ1) is 15.3. The lowest BCUT2D eigenvalue weighted by Gasteiger charge is -2.13. The summed E-state index contributed by atoms with van der Waals surface area (Å²) in [5, 5.41) is 9.42. The van der Waals surface area contributed by atoms with Crippen molar-refractivity contribution in [3.63, 3.8) is 0 Å². The molecule has 0 aliphatic heterocycles. The van der Waals surface area contributed by atoms with Crippen molar-refractivity contribution in [2.24, 2.45) is 4.99 Å². The Hall–Kier alpha value is -1.72. The van der Waals surface area contributed by atoms with E-state index in [1.807, 2.05) is 6.92 Å². The molecule has 0 unspecified atom stereocenters. The summed E-state index contributed by atoms with van der Waals surface area (Å²) >= 11 is 0. The van der Waals surface area contributed by atoms with E-state index in [2.05, 4.69) is 4.99 Å². The number of halogens is 3. The first-order chi connectivity index (χ1) is 8.79. The van der Waals surface area contributed by atoms with E-state index in [9.17, 15) is 18.3 Å². The van der Waals surface area contributed by atoms with Gasteiger partial charge in [-0.05, 0) is 31.0 Å². The van der Waals surface area contributed by atoms with E-state index in [0.717, 1.165) is 12.1 Å². The maximum atomic E-state index is 12.7. The van der Waals surface area contributed by atoms with Gasteiger partial charge in [-0.1, -0.05) is 6.92 Å². The fraction of sp³-hybridized carbons (Fsp3) is 0.462. The van der Waals surface area contributed by atoms with Crippen molar-refractivity contribution in [1.82, 2.24) is 4.90 Å². The second-order valence-corrected chi connectivity index (χ2v) is 4.17. The van der Waals surface area contributed by atoms with E-state index in [0.29, 0.717) is 18.5 Å². The highest BCUT2D eigenvalue weighted by Gasteiger charge is 2.34. The van der Waals surface area contributed by atoms with Gasteiger partial charge in [-0.3, -0.25) is 0 Å². The molecule has 0 radical (unpaired) electrons. The number of aliphatic imine (C=N–C) groups is 1. The molecule has 0 saturated carbocycles. The van der Waals surface area contributed by atoms with E-state index in [4.69, 9.17) is 0 Å². The van der Waals surface area contributed by atoms with Crippen LogP contribution in [0.25, 0.3) is 0 Å². The zero-order valence-electron chi connectivity index (χ0n) is 11.1. The van der Waals surface area contributed by atoms with Crippen LogP contribution < -0.4 is 0 Å². The molecule has 0 spiro atoms. The van der Waals surface area contributed by atoms with Gasteiger partial charge in [0, 0.05) is 13.6 Å². The lowest BCUT2D eigenvalue weighted by molar-refractivity contribution is -0.138. The Morgan fingerprint density at radius 2 is 1.95 bits per heavy atom. The zero-order valence-corrected chi connectivity index (χ0v) is 11.1. The summed E-state index contributed by atoms with van der Waals surface area (Å²) in [5.41, 5.74) is -0.254. The Morgan fingerprint density at radius 3 is 2.42 bits per heavy atom. The number of alkyl halides is 3. The van der Waals surface area contributed by atoms with Crippen molar-refractivity contribution in [2.75, 3.05) is 13.6 Å². The quantitative estimate of drug-likeness (QED) is 0.673. The molecule has 0 aliphatic rings. The van der Waals surface area contributed by atoms with Gasteiger partial charge in [0.1, 0.15) is 5.75 Å². The molecule has 0 amide bonds. The van der Waals surface area contributed by atoms with Gasteiger partial charge in [-0.2, -0.15) is 13.2 Å². The number of hydrogen-bond acceptors (Lipinski definition) is 2. The summed E-state index contributed by atoms with van der Waals surface area (Å²) in [4.78, 5) is 5.80. The van der Waals surface area contributed by atoms with Crippen LogP contribution >= 0.6 is 0 Å².